The highest BCUT2D eigenvalue weighted by atomic mass is 16.5. The summed E-state index contributed by atoms with van der Waals surface area (Å²) in [6.07, 6.45) is 0.861. The monoisotopic (exact) mass is 388 g/mol. The Hall–Kier alpha value is -3.27. The molecule has 1 amide bonds. The molecular formula is C25H28N2O2. The van der Waals surface area contributed by atoms with Crippen LogP contribution in [0, 0.1) is 0 Å². The fraction of sp³-hybridized carbons (Fsp3) is 0.240. The number of hydrogen-bond donors (Lipinski definition) is 1. The Morgan fingerprint density at radius 2 is 1.62 bits per heavy atom. The number of hydrogen-bond acceptors (Lipinski definition) is 3. The van der Waals surface area contributed by atoms with Crippen molar-refractivity contribution in [1.82, 2.24) is 4.90 Å². The van der Waals surface area contributed by atoms with Gasteiger partial charge in [0.2, 0.25) is 0 Å². The average Bonchev–Trinajstić information content (AvgIpc) is 2.76. The molecular weight excluding hydrogens is 360 g/mol. The summed E-state index contributed by atoms with van der Waals surface area (Å²) in [6.45, 7) is 5.98. The van der Waals surface area contributed by atoms with E-state index in [9.17, 15) is 4.79 Å². The lowest BCUT2D eigenvalue weighted by Crippen LogP contribution is -2.30. The number of anilines is 2. The lowest BCUT2D eigenvalue weighted by Gasteiger charge is -2.21. The fourth-order valence-electron chi connectivity index (χ4n) is 3.21. The van der Waals surface area contributed by atoms with Gasteiger partial charge in [-0.05, 0) is 43.7 Å². The van der Waals surface area contributed by atoms with Gasteiger partial charge in [0.25, 0.3) is 5.91 Å². The maximum absolute atomic E-state index is 12.8. The summed E-state index contributed by atoms with van der Waals surface area (Å²) in [5, 5.41) is 3.38. The minimum absolute atomic E-state index is 0.0355. The largest absolute Gasteiger partial charge is 0.493 e. The number of rotatable bonds is 9. The third-order valence-corrected chi connectivity index (χ3v) is 4.82. The minimum atomic E-state index is 0.0355. The molecule has 0 aliphatic heterocycles. The van der Waals surface area contributed by atoms with Crippen LogP contribution in [0.1, 0.15) is 29.8 Å². The fourth-order valence-corrected chi connectivity index (χ4v) is 3.21. The molecule has 4 nitrogen and oxygen atoms in total. The quantitative estimate of drug-likeness (QED) is 0.524. The standard InChI is InChI=1S/C25H28N2O2/c1-3-27(4-2)25(28)23-15-8-9-16-24(23)26-21-13-10-14-22(19-21)29-18-17-20-11-6-5-7-12-20/h5-16,19,26H,3-4,17-18H2,1-2H3. The number of nitrogens with zero attached hydrogens (tertiary/aromatic N) is 1. The van der Waals surface area contributed by atoms with E-state index in [0.29, 0.717) is 25.3 Å². The molecule has 0 unspecified atom stereocenters. The number of carbonyl (C=O) groups is 1. The molecule has 0 saturated heterocycles. The highest BCUT2D eigenvalue weighted by molar-refractivity contribution is 6.00. The van der Waals surface area contributed by atoms with E-state index in [1.54, 1.807) is 0 Å². The van der Waals surface area contributed by atoms with Gasteiger partial charge in [-0.25, -0.2) is 0 Å². The number of ether oxygens (including phenoxy) is 1. The smallest absolute Gasteiger partial charge is 0.255 e. The summed E-state index contributed by atoms with van der Waals surface area (Å²) in [5.41, 5.74) is 3.62. The summed E-state index contributed by atoms with van der Waals surface area (Å²) in [6, 6.07) is 25.8. The first-order valence-corrected chi connectivity index (χ1v) is 10.1. The van der Waals surface area contributed by atoms with Crippen molar-refractivity contribution in [3.63, 3.8) is 0 Å². The van der Waals surface area contributed by atoms with Crippen molar-refractivity contribution in [2.45, 2.75) is 20.3 Å². The number of para-hydroxylation sites is 1. The van der Waals surface area contributed by atoms with Crippen molar-refractivity contribution in [1.29, 1.82) is 0 Å². The first kappa shape index (κ1) is 20.5. The second kappa shape index (κ2) is 10.3. The second-order valence-electron chi connectivity index (χ2n) is 6.76. The number of benzene rings is 3. The maximum Gasteiger partial charge on any atom is 0.255 e. The van der Waals surface area contributed by atoms with Crippen LogP contribution in [0.2, 0.25) is 0 Å². The molecule has 0 fully saturated rings. The van der Waals surface area contributed by atoms with E-state index in [1.807, 2.05) is 85.5 Å². The summed E-state index contributed by atoms with van der Waals surface area (Å²) in [4.78, 5) is 14.6. The lowest BCUT2D eigenvalue weighted by atomic mass is 10.1. The Kier molecular flexibility index (Phi) is 7.28. The molecule has 0 aliphatic carbocycles. The van der Waals surface area contributed by atoms with Crippen LogP contribution in [0.5, 0.6) is 5.75 Å². The van der Waals surface area contributed by atoms with Gasteiger partial charge in [0.15, 0.2) is 0 Å². The Morgan fingerprint density at radius 1 is 0.897 bits per heavy atom. The van der Waals surface area contributed by atoms with Crippen molar-refractivity contribution in [3.05, 3.63) is 90.0 Å². The predicted octanol–water partition coefficient (Wildman–Crippen LogP) is 5.53. The van der Waals surface area contributed by atoms with Crippen LogP contribution < -0.4 is 10.1 Å². The predicted molar refractivity (Wildman–Crippen MR) is 119 cm³/mol. The van der Waals surface area contributed by atoms with E-state index in [0.717, 1.165) is 23.5 Å². The molecule has 29 heavy (non-hydrogen) atoms. The first-order chi connectivity index (χ1) is 14.2. The second-order valence-corrected chi connectivity index (χ2v) is 6.76. The molecule has 0 aliphatic rings. The van der Waals surface area contributed by atoms with Gasteiger partial charge in [0.1, 0.15) is 5.75 Å². The highest BCUT2D eigenvalue weighted by Gasteiger charge is 2.16. The summed E-state index contributed by atoms with van der Waals surface area (Å²) >= 11 is 0. The first-order valence-electron chi connectivity index (χ1n) is 10.1. The van der Waals surface area contributed by atoms with Crippen LogP contribution in [0.25, 0.3) is 0 Å². The summed E-state index contributed by atoms with van der Waals surface area (Å²) in [5.74, 6) is 0.840. The van der Waals surface area contributed by atoms with Crippen molar-refractivity contribution < 1.29 is 9.53 Å². The zero-order valence-corrected chi connectivity index (χ0v) is 17.1. The van der Waals surface area contributed by atoms with E-state index in [-0.39, 0.29) is 5.91 Å². The van der Waals surface area contributed by atoms with Crippen molar-refractivity contribution in [2.24, 2.45) is 0 Å². The lowest BCUT2D eigenvalue weighted by molar-refractivity contribution is 0.0774. The van der Waals surface area contributed by atoms with Crippen LogP contribution in [0.4, 0.5) is 11.4 Å². The van der Waals surface area contributed by atoms with Gasteiger partial charge < -0.3 is 15.0 Å². The molecule has 0 radical (unpaired) electrons. The van der Waals surface area contributed by atoms with Gasteiger partial charge in [-0.1, -0.05) is 48.5 Å². The number of carbonyl (C=O) groups excluding carboxylic acids is 1. The third kappa shape index (κ3) is 5.61. The highest BCUT2D eigenvalue weighted by Crippen LogP contribution is 2.25. The van der Waals surface area contributed by atoms with E-state index in [4.69, 9.17) is 4.74 Å². The molecule has 150 valence electrons. The van der Waals surface area contributed by atoms with Crippen molar-refractivity contribution in [2.75, 3.05) is 25.0 Å². The van der Waals surface area contributed by atoms with Gasteiger partial charge in [-0.2, -0.15) is 0 Å². The molecule has 0 spiro atoms. The summed E-state index contributed by atoms with van der Waals surface area (Å²) < 4.78 is 5.92. The Morgan fingerprint density at radius 3 is 2.38 bits per heavy atom. The average molecular weight is 389 g/mol. The summed E-state index contributed by atoms with van der Waals surface area (Å²) in [7, 11) is 0. The van der Waals surface area contributed by atoms with Crippen LogP contribution in [0.3, 0.4) is 0 Å². The molecule has 3 rings (SSSR count). The molecule has 1 N–H and O–H groups in total. The normalized spacial score (nSPS) is 10.4. The molecule has 3 aromatic carbocycles. The molecule has 4 heteroatoms. The van der Waals surface area contributed by atoms with Crippen LogP contribution in [0.15, 0.2) is 78.9 Å². The van der Waals surface area contributed by atoms with Gasteiger partial charge in [-0.3, -0.25) is 4.79 Å². The Balaban J connectivity index is 1.68. The van der Waals surface area contributed by atoms with Crippen LogP contribution in [-0.2, 0) is 6.42 Å². The van der Waals surface area contributed by atoms with Crippen LogP contribution >= 0.6 is 0 Å². The van der Waals surface area contributed by atoms with Gasteiger partial charge in [-0.15, -0.1) is 0 Å². The third-order valence-electron chi connectivity index (χ3n) is 4.82. The Labute approximate surface area is 173 Å². The van der Waals surface area contributed by atoms with Crippen LogP contribution in [-0.4, -0.2) is 30.5 Å². The van der Waals surface area contributed by atoms with E-state index >= 15 is 0 Å². The Bertz CT molecular complexity index is 921. The van der Waals surface area contributed by atoms with E-state index < -0.39 is 0 Å². The SMILES string of the molecule is CCN(CC)C(=O)c1ccccc1Nc1cccc(OCCc2ccccc2)c1. The van der Waals surface area contributed by atoms with Gasteiger partial charge in [0, 0.05) is 31.3 Å². The van der Waals surface area contributed by atoms with Crippen molar-refractivity contribution >= 4 is 17.3 Å². The van der Waals surface area contributed by atoms with E-state index in [2.05, 4.69) is 17.4 Å². The zero-order valence-electron chi connectivity index (χ0n) is 17.1. The topological polar surface area (TPSA) is 41.6 Å². The zero-order chi connectivity index (χ0) is 20.5. The van der Waals surface area contributed by atoms with Gasteiger partial charge in [0.05, 0.1) is 17.9 Å². The van der Waals surface area contributed by atoms with Crippen molar-refractivity contribution in [3.8, 4) is 5.75 Å². The molecule has 0 bridgehead atoms. The number of amides is 1. The van der Waals surface area contributed by atoms with E-state index in [1.165, 1.54) is 5.56 Å². The molecule has 0 heterocycles. The maximum atomic E-state index is 12.8. The molecule has 0 atom stereocenters. The number of nitrogens with one attached hydrogen (secondary N) is 1. The molecule has 3 aromatic rings. The molecule has 0 aromatic heterocycles. The van der Waals surface area contributed by atoms with Gasteiger partial charge >= 0.3 is 0 Å². The molecule has 0 saturated carbocycles. The minimum Gasteiger partial charge on any atom is -0.493 e.